The molecule has 8 nitrogen and oxygen atoms in total. The SMILES string of the molecule is CCCNC(=O)N1CCC(N(CCc2noc(C(C)C)n2)C(C)=O)C1. The number of nitrogens with one attached hydrogen (secondary N) is 1. The number of aromatic nitrogens is 2. The van der Waals surface area contributed by atoms with Crippen LogP contribution in [-0.4, -0.2) is 64.1 Å². The molecule has 1 aliphatic rings. The third-order valence-corrected chi connectivity index (χ3v) is 4.38. The molecular weight excluding hydrogens is 322 g/mol. The van der Waals surface area contributed by atoms with Crippen LogP contribution >= 0.6 is 0 Å². The molecule has 1 saturated heterocycles. The van der Waals surface area contributed by atoms with Crippen molar-refractivity contribution in [2.75, 3.05) is 26.2 Å². The zero-order valence-corrected chi connectivity index (χ0v) is 15.6. The highest BCUT2D eigenvalue weighted by atomic mass is 16.5. The fourth-order valence-corrected chi connectivity index (χ4v) is 2.95. The van der Waals surface area contributed by atoms with Crippen molar-refractivity contribution in [1.82, 2.24) is 25.3 Å². The van der Waals surface area contributed by atoms with Gasteiger partial charge >= 0.3 is 6.03 Å². The molecule has 1 N–H and O–H groups in total. The summed E-state index contributed by atoms with van der Waals surface area (Å²) in [5.41, 5.74) is 0. The highest BCUT2D eigenvalue weighted by Gasteiger charge is 2.31. The second-order valence-electron chi connectivity index (χ2n) is 6.79. The molecule has 0 bridgehead atoms. The van der Waals surface area contributed by atoms with E-state index in [4.69, 9.17) is 4.52 Å². The molecule has 1 unspecified atom stereocenters. The van der Waals surface area contributed by atoms with Crippen molar-refractivity contribution in [1.29, 1.82) is 0 Å². The van der Waals surface area contributed by atoms with Crippen LogP contribution in [0.1, 0.15) is 58.2 Å². The maximum Gasteiger partial charge on any atom is 0.317 e. The quantitative estimate of drug-likeness (QED) is 0.808. The smallest absolute Gasteiger partial charge is 0.317 e. The van der Waals surface area contributed by atoms with Crippen LogP contribution < -0.4 is 5.32 Å². The summed E-state index contributed by atoms with van der Waals surface area (Å²) < 4.78 is 5.20. The average Bonchev–Trinajstić information content (AvgIpc) is 3.22. The van der Waals surface area contributed by atoms with Gasteiger partial charge in [0.15, 0.2) is 5.82 Å². The molecule has 1 fully saturated rings. The first kappa shape index (κ1) is 19.2. The second-order valence-corrected chi connectivity index (χ2v) is 6.79. The van der Waals surface area contributed by atoms with Crippen LogP contribution in [0.3, 0.4) is 0 Å². The molecule has 0 spiro atoms. The van der Waals surface area contributed by atoms with Crippen LogP contribution in [0.25, 0.3) is 0 Å². The molecule has 2 rings (SSSR count). The third kappa shape index (κ3) is 5.17. The van der Waals surface area contributed by atoms with E-state index < -0.39 is 0 Å². The van der Waals surface area contributed by atoms with Gasteiger partial charge in [0.2, 0.25) is 11.8 Å². The van der Waals surface area contributed by atoms with E-state index in [1.54, 1.807) is 11.8 Å². The summed E-state index contributed by atoms with van der Waals surface area (Å²) in [7, 11) is 0. The molecule has 25 heavy (non-hydrogen) atoms. The first-order valence-corrected chi connectivity index (χ1v) is 9.04. The van der Waals surface area contributed by atoms with Gasteiger partial charge in [-0.2, -0.15) is 4.98 Å². The van der Waals surface area contributed by atoms with Gasteiger partial charge in [0.1, 0.15) is 0 Å². The molecule has 2 heterocycles. The van der Waals surface area contributed by atoms with E-state index >= 15 is 0 Å². The van der Waals surface area contributed by atoms with Gasteiger partial charge in [-0.05, 0) is 12.8 Å². The molecule has 8 heteroatoms. The summed E-state index contributed by atoms with van der Waals surface area (Å²) >= 11 is 0. The minimum atomic E-state index is -0.0485. The Morgan fingerprint density at radius 3 is 2.80 bits per heavy atom. The van der Waals surface area contributed by atoms with Crippen molar-refractivity contribution in [2.45, 2.75) is 58.9 Å². The summed E-state index contributed by atoms with van der Waals surface area (Å²) in [4.78, 5) is 32.1. The van der Waals surface area contributed by atoms with Crippen LogP contribution in [0.15, 0.2) is 4.52 Å². The van der Waals surface area contributed by atoms with Gasteiger partial charge in [-0.1, -0.05) is 25.9 Å². The Kier molecular flexibility index (Phi) is 6.78. The minimum Gasteiger partial charge on any atom is -0.339 e. The Balaban J connectivity index is 1.90. The summed E-state index contributed by atoms with van der Waals surface area (Å²) in [6.45, 7) is 10.0. The van der Waals surface area contributed by atoms with E-state index in [-0.39, 0.29) is 23.9 Å². The van der Waals surface area contributed by atoms with Crippen LogP contribution in [0, 0.1) is 0 Å². The lowest BCUT2D eigenvalue weighted by molar-refractivity contribution is -0.130. The summed E-state index contributed by atoms with van der Waals surface area (Å²) in [6, 6.07) is -0.00561. The van der Waals surface area contributed by atoms with Crippen molar-refractivity contribution >= 4 is 11.9 Å². The summed E-state index contributed by atoms with van der Waals surface area (Å²) in [5.74, 6) is 1.43. The lowest BCUT2D eigenvalue weighted by Crippen LogP contribution is -2.44. The van der Waals surface area contributed by atoms with E-state index in [1.807, 2.05) is 25.7 Å². The predicted octanol–water partition coefficient (Wildman–Crippen LogP) is 1.78. The molecule has 0 saturated carbocycles. The first-order chi connectivity index (χ1) is 11.9. The van der Waals surface area contributed by atoms with E-state index in [0.29, 0.717) is 44.3 Å². The topological polar surface area (TPSA) is 91.6 Å². The normalized spacial score (nSPS) is 17.2. The van der Waals surface area contributed by atoms with Crippen LogP contribution in [0.5, 0.6) is 0 Å². The number of amides is 3. The van der Waals surface area contributed by atoms with Gasteiger partial charge in [-0.15, -0.1) is 0 Å². The molecule has 0 aromatic carbocycles. The molecule has 1 aromatic rings. The van der Waals surface area contributed by atoms with Crippen molar-refractivity contribution in [3.63, 3.8) is 0 Å². The summed E-state index contributed by atoms with van der Waals surface area (Å²) in [5, 5.41) is 6.86. The lowest BCUT2D eigenvalue weighted by atomic mass is 10.2. The van der Waals surface area contributed by atoms with Crippen molar-refractivity contribution in [3.05, 3.63) is 11.7 Å². The Morgan fingerprint density at radius 1 is 1.44 bits per heavy atom. The first-order valence-electron chi connectivity index (χ1n) is 9.04. The van der Waals surface area contributed by atoms with E-state index in [1.165, 1.54) is 0 Å². The molecular formula is C17H29N5O3. The van der Waals surface area contributed by atoms with Gasteiger partial charge in [-0.25, -0.2) is 4.79 Å². The van der Waals surface area contributed by atoms with E-state index in [0.717, 1.165) is 12.8 Å². The number of carbonyl (C=O) groups excluding carboxylic acids is 2. The maximum atomic E-state index is 12.1. The van der Waals surface area contributed by atoms with Crippen molar-refractivity contribution < 1.29 is 14.1 Å². The monoisotopic (exact) mass is 351 g/mol. The van der Waals surface area contributed by atoms with E-state index in [9.17, 15) is 9.59 Å². The lowest BCUT2D eigenvalue weighted by Gasteiger charge is -2.27. The van der Waals surface area contributed by atoms with Gasteiger partial charge in [-0.3, -0.25) is 4.79 Å². The Bertz CT molecular complexity index is 587. The zero-order valence-electron chi connectivity index (χ0n) is 15.6. The highest BCUT2D eigenvalue weighted by molar-refractivity contribution is 5.76. The van der Waals surface area contributed by atoms with Crippen LogP contribution in [-0.2, 0) is 11.2 Å². The van der Waals surface area contributed by atoms with Gasteiger partial charge < -0.3 is 19.6 Å². The largest absolute Gasteiger partial charge is 0.339 e. The Labute approximate surface area is 148 Å². The van der Waals surface area contributed by atoms with E-state index in [2.05, 4.69) is 15.5 Å². The fraction of sp³-hybridized carbons (Fsp3) is 0.765. The predicted molar refractivity (Wildman–Crippen MR) is 93.1 cm³/mol. The standard InChI is InChI=1S/C17H29N5O3/c1-5-8-18-17(24)21-9-6-14(11-21)22(13(4)23)10-7-15-19-16(12(2)3)25-20-15/h12,14H,5-11H2,1-4H3,(H,18,24). The van der Waals surface area contributed by atoms with Crippen LogP contribution in [0.4, 0.5) is 4.79 Å². The van der Waals surface area contributed by atoms with Gasteiger partial charge in [0.25, 0.3) is 0 Å². The molecule has 1 aromatic heterocycles. The summed E-state index contributed by atoms with van der Waals surface area (Å²) in [6.07, 6.45) is 2.25. The number of rotatable bonds is 7. The molecule has 3 amide bonds. The van der Waals surface area contributed by atoms with Crippen LogP contribution in [0.2, 0.25) is 0 Å². The van der Waals surface area contributed by atoms with Gasteiger partial charge in [0.05, 0.1) is 6.04 Å². The number of urea groups is 1. The Hall–Kier alpha value is -2.12. The number of carbonyl (C=O) groups is 2. The van der Waals surface area contributed by atoms with Gasteiger partial charge in [0, 0.05) is 45.4 Å². The fourth-order valence-electron chi connectivity index (χ4n) is 2.95. The van der Waals surface area contributed by atoms with Crippen molar-refractivity contribution in [3.8, 4) is 0 Å². The van der Waals surface area contributed by atoms with Crippen molar-refractivity contribution in [2.24, 2.45) is 0 Å². The number of hydrogen-bond donors (Lipinski definition) is 1. The number of nitrogens with zero attached hydrogens (tertiary/aromatic N) is 4. The molecule has 0 aliphatic carbocycles. The maximum absolute atomic E-state index is 12.1. The molecule has 140 valence electrons. The third-order valence-electron chi connectivity index (χ3n) is 4.38. The number of likely N-dealkylation sites (tertiary alicyclic amines) is 1. The number of hydrogen-bond acceptors (Lipinski definition) is 5. The molecule has 1 atom stereocenters. The second kappa shape index (κ2) is 8.82. The minimum absolute atomic E-state index is 0.00777. The molecule has 1 aliphatic heterocycles. The highest BCUT2D eigenvalue weighted by Crippen LogP contribution is 2.17. The molecule has 0 radical (unpaired) electrons. The average molecular weight is 351 g/mol. The zero-order chi connectivity index (χ0) is 18.4. The Morgan fingerprint density at radius 2 is 2.20 bits per heavy atom.